The number of rotatable bonds is 5. The molecule has 1 aromatic carbocycles. The third-order valence-electron chi connectivity index (χ3n) is 2.09. The highest BCUT2D eigenvalue weighted by Gasteiger charge is 2.17. The van der Waals surface area contributed by atoms with Gasteiger partial charge in [0.1, 0.15) is 5.82 Å². The van der Waals surface area contributed by atoms with Crippen LogP contribution >= 0.6 is 23.8 Å². The van der Waals surface area contributed by atoms with E-state index >= 15 is 0 Å². The number of hydrogen-bond donors (Lipinski definition) is 1. The predicted octanol–water partition coefficient (Wildman–Crippen LogP) is 2.07. The Morgan fingerprint density at radius 3 is 2.65 bits per heavy atom. The lowest BCUT2D eigenvalue weighted by molar-refractivity contribution is 0.587. The number of thiocarbonyl (C=S) groups is 1. The Balaban J connectivity index is 2.87. The summed E-state index contributed by atoms with van der Waals surface area (Å²) in [6.07, 6.45) is 0.0870. The minimum Gasteiger partial charge on any atom is -0.393 e. The van der Waals surface area contributed by atoms with Gasteiger partial charge in [0.25, 0.3) is 0 Å². The molecule has 0 saturated carbocycles. The van der Waals surface area contributed by atoms with Gasteiger partial charge in [-0.1, -0.05) is 29.9 Å². The van der Waals surface area contributed by atoms with Crippen molar-refractivity contribution in [1.29, 1.82) is 0 Å². The molecular formula is C10H11ClFNO2S2. The second-order valence-electron chi connectivity index (χ2n) is 3.51. The van der Waals surface area contributed by atoms with Crippen LogP contribution in [0.2, 0.25) is 5.02 Å². The summed E-state index contributed by atoms with van der Waals surface area (Å²) in [5, 5.41) is 0.101. The summed E-state index contributed by atoms with van der Waals surface area (Å²) in [6, 6.07) is 4.04. The summed E-state index contributed by atoms with van der Waals surface area (Å²) in [6.45, 7) is 0. The van der Waals surface area contributed by atoms with Crippen LogP contribution in [0, 0.1) is 5.82 Å². The lowest BCUT2D eigenvalue weighted by Gasteiger charge is -2.07. The zero-order chi connectivity index (χ0) is 13.1. The van der Waals surface area contributed by atoms with E-state index in [0.717, 1.165) is 0 Å². The molecule has 0 unspecified atom stereocenters. The topological polar surface area (TPSA) is 60.2 Å². The Kier molecular flexibility index (Phi) is 4.85. The standard InChI is InChI=1S/C10H11ClFNO2S2/c11-8-2-1-3-9(12)7(8)6-17(14,15)5-4-10(13)16/h1-3H,4-6H2,(H2,13,16). The zero-order valence-corrected chi connectivity index (χ0v) is 11.2. The minimum atomic E-state index is -3.47. The first-order valence-electron chi connectivity index (χ1n) is 4.73. The molecule has 0 radical (unpaired) electrons. The van der Waals surface area contributed by atoms with Crippen LogP contribution in [0.15, 0.2) is 18.2 Å². The number of halogens is 2. The molecule has 0 heterocycles. The van der Waals surface area contributed by atoms with Gasteiger partial charge in [-0.05, 0) is 12.1 Å². The van der Waals surface area contributed by atoms with Crippen molar-refractivity contribution in [1.82, 2.24) is 0 Å². The molecule has 17 heavy (non-hydrogen) atoms. The Labute approximate surface area is 110 Å². The fraction of sp³-hybridized carbons (Fsp3) is 0.300. The molecule has 0 atom stereocenters. The van der Waals surface area contributed by atoms with Crippen LogP contribution in [0.4, 0.5) is 4.39 Å². The maximum atomic E-state index is 13.4. The molecule has 94 valence electrons. The van der Waals surface area contributed by atoms with Crippen LogP contribution in [0.1, 0.15) is 12.0 Å². The van der Waals surface area contributed by atoms with Crippen molar-refractivity contribution in [2.75, 3.05) is 5.75 Å². The fourth-order valence-electron chi connectivity index (χ4n) is 1.22. The second-order valence-corrected chi connectivity index (χ2v) is 6.62. The van der Waals surface area contributed by atoms with Gasteiger partial charge in [0.05, 0.1) is 16.5 Å². The van der Waals surface area contributed by atoms with Crippen molar-refractivity contribution in [3.63, 3.8) is 0 Å². The van der Waals surface area contributed by atoms with Gasteiger partial charge in [0.15, 0.2) is 9.84 Å². The second kappa shape index (κ2) is 5.75. The largest absolute Gasteiger partial charge is 0.393 e. The van der Waals surface area contributed by atoms with E-state index in [1.807, 2.05) is 0 Å². The highest BCUT2D eigenvalue weighted by atomic mass is 35.5. The Hall–Kier alpha value is -0.720. The van der Waals surface area contributed by atoms with E-state index in [-0.39, 0.29) is 27.7 Å². The number of sulfone groups is 1. The number of benzene rings is 1. The molecule has 0 saturated heterocycles. The van der Waals surface area contributed by atoms with E-state index in [0.29, 0.717) is 0 Å². The van der Waals surface area contributed by atoms with E-state index in [1.165, 1.54) is 18.2 Å². The summed E-state index contributed by atoms with van der Waals surface area (Å²) >= 11 is 10.3. The molecule has 0 amide bonds. The van der Waals surface area contributed by atoms with Gasteiger partial charge in [-0.2, -0.15) is 0 Å². The molecule has 0 aromatic heterocycles. The van der Waals surface area contributed by atoms with Gasteiger partial charge in [-0.15, -0.1) is 0 Å². The molecule has 0 spiro atoms. The van der Waals surface area contributed by atoms with Gasteiger partial charge >= 0.3 is 0 Å². The molecule has 0 aliphatic carbocycles. The van der Waals surface area contributed by atoms with Crippen molar-refractivity contribution in [2.45, 2.75) is 12.2 Å². The van der Waals surface area contributed by atoms with Gasteiger partial charge < -0.3 is 5.73 Å². The first-order chi connectivity index (χ1) is 7.82. The zero-order valence-electron chi connectivity index (χ0n) is 8.82. The predicted molar refractivity (Wildman–Crippen MR) is 70.3 cm³/mol. The molecule has 1 rings (SSSR count). The summed E-state index contributed by atoms with van der Waals surface area (Å²) in [4.78, 5) is 0.119. The third kappa shape index (κ3) is 4.57. The van der Waals surface area contributed by atoms with E-state index in [1.54, 1.807) is 0 Å². The average Bonchev–Trinajstić information content (AvgIpc) is 2.21. The van der Waals surface area contributed by atoms with Crippen molar-refractivity contribution < 1.29 is 12.8 Å². The molecular weight excluding hydrogens is 285 g/mol. The smallest absolute Gasteiger partial charge is 0.155 e. The maximum absolute atomic E-state index is 13.4. The molecule has 0 aliphatic heterocycles. The van der Waals surface area contributed by atoms with Gasteiger partial charge in [-0.25, -0.2) is 12.8 Å². The van der Waals surface area contributed by atoms with Gasteiger partial charge in [-0.3, -0.25) is 0 Å². The van der Waals surface area contributed by atoms with Crippen LogP contribution < -0.4 is 5.73 Å². The molecule has 2 N–H and O–H groups in total. The fourth-order valence-corrected chi connectivity index (χ4v) is 3.17. The Bertz CT molecular complexity index is 511. The normalized spacial score (nSPS) is 11.4. The molecule has 0 fully saturated rings. The van der Waals surface area contributed by atoms with Crippen molar-refractivity contribution in [3.8, 4) is 0 Å². The van der Waals surface area contributed by atoms with Gasteiger partial charge in [0.2, 0.25) is 0 Å². The molecule has 3 nitrogen and oxygen atoms in total. The van der Waals surface area contributed by atoms with E-state index in [4.69, 9.17) is 17.3 Å². The van der Waals surface area contributed by atoms with Crippen LogP contribution in [0.25, 0.3) is 0 Å². The highest BCUT2D eigenvalue weighted by molar-refractivity contribution is 7.90. The lowest BCUT2D eigenvalue weighted by atomic mass is 10.2. The SMILES string of the molecule is NC(=S)CCS(=O)(=O)Cc1c(F)cccc1Cl. The van der Waals surface area contributed by atoms with Crippen LogP contribution in [-0.2, 0) is 15.6 Å². The van der Waals surface area contributed by atoms with E-state index in [2.05, 4.69) is 12.2 Å². The van der Waals surface area contributed by atoms with Crippen LogP contribution in [0.3, 0.4) is 0 Å². The molecule has 7 heteroatoms. The molecule has 1 aromatic rings. The van der Waals surface area contributed by atoms with E-state index in [9.17, 15) is 12.8 Å². The van der Waals surface area contributed by atoms with Crippen molar-refractivity contribution >= 4 is 38.6 Å². The monoisotopic (exact) mass is 295 g/mol. The summed E-state index contributed by atoms with van der Waals surface area (Å²) < 4.78 is 36.7. The highest BCUT2D eigenvalue weighted by Crippen LogP contribution is 2.21. The Morgan fingerprint density at radius 1 is 1.47 bits per heavy atom. The van der Waals surface area contributed by atoms with Gasteiger partial charge in [0, 0.05) is 17.0 Å². The van der Waals surface area contributed by atoms with Crippen molar-refractivity contribution in [3.05, 3.63) is 34.6 Å². The third-order valence-corrected chi connectivity index (χ3v) is 4.20. The summed E-state index contributed by atoms with van der Waals surface area (Å²) in [5.74, 6) is -1.27. The lowest BCUT2D eigenvalue weighted by Crippen LogP contribution is -2.17. The summed E-state index contributed by atoms with van der Waals surface area (Å²) in [5.41, 5.74) is 5.20. The quantitative estimate of drug-likeness (QED) is 0.845. The molecule has 0 bridgehead atoms. The van der Waals surface area contributed by atoms with Crippen LogP contribution in [0.5, 0.6) is 0 Å². The average molecular weight is 296 g/mol. The van der Waals surface area contributed by atoms with Crippen LogP contribution in [-0.4, -0.2) is 19.2 Å². The Morgan fingerprint density at radius 2 is 2.12 bits per heavy atom. The first-order valence-corrected chi connectivity index (χ1v) is 7.34. The van der Waals surface area contributed by atoms with Crippen molar-refractivity contribution in [2.24, 2.45) is 5.73 Å². The summed E-state index contributed by atoms with van der Waals surface area (Å²) in [7, 11) is -3.47. The van der Waals surface area contributed by atoms with E-state index < -0.39 is 21.4 Å². The first kappa shape index (κ1) is 14.3. The minimum absolute atomic E-state index is 0.0166. The number of hydrogen-bond acceptors (Lipinski definition) is 3. The maximum Gasteiger partial charge on any atom is 0.155 e. The number of nitrogens with two attached hydrogens (primary N) is 1. The molecule has 0 aliphatic rings.